The first-order valence-corrected chi connectivity index (χ1v) is 10.1. The molecule has 5 nitrogen and oxygen atoms in total. The summed E-state index contributed by atoms with van der Waals surface area (Å²) >= 11 is 0. The van der Waals surface area contributed by atoms with Gasteiger partial charge in [-0.25, -0.2) is 9.97 Å². The standard InChI is InChI=1S/C22H25N3O2/c1-13-8-9-25(13)22-23-19-7-3-6-18(19)20(24-22)15-5-2-4-14(10-15)16-11-17(12-16)21(26)27/h2,4-5,10,13,16-17H,3,6-9,11-12H2,1H3,(H,26,27)/t13-,16-,17+/m0/s1. The molecule has 1 saturated carbocycles. The molecule has 140 valence electrons. The predicted molar refractivity (Wildman–Crippen MR) is 104 cm³/mol. The lowest BCUT2D eigenvalue weighted by Gasteiger charge is -2.39. The molecule has 2 fully saturated rings. The molecule has 1 aromatic heterocycles. The first-order chi connectivity index (χ1) is 13.1. The molecule has 0 amide bonds. The topological polar surface area (TPSA) is 66.3 Å². The second-order valence-electron chi connectivity index (χ2n) is 8.31. The van der Waals surface area contributed by atoms with E-state index in [-0.39, 0.29) is 5.92 Å². The van der Waals surface area contributed by atoms with Crippen molar-refractivity contribution in [2.24, 2.45) is 5.92 Å². The summed E-state index contributed by atoms with van der Waals surface area (Å²) < 4.78 is 0. The summed E-state index contributed by atoms with van der Waals surface area (Å²) in [6.45, 7) is 3.27. The summed E-state index contributed by atoms with van der Waals surface area (Å²) in [6, 6.07) is 9.11. The van der Waals surface area contributed by atoms with Gasteiger partial charge in [-0.1, -0.05) is 18.2 Å². The van der Waals surface area contributed by atoms with E-state index in [4.69, 9.17) is 15.1 Å². The Labute approximate surface area is 159 Å². The van der Waals surface area contributed by atoms with E-state index >= 15 is 0 Å². The number of nitrogens with zero attached hydrogens (tertiary/aromatic N) is 3. The van der Waals surface area contributed by atoms with E-state index in [2.05, 4.69) is 36.1 Å². The number of fused-ring (bicyclic) bond motifs is 1. The Morgan fingerprint density at radius 1 is 1.22 bits per heavy atom. The summed E-state index contributed by atoms with van der Waals surface area (Å²) in [4.78, 5) is 23.3. The van der Waals surface area contributed by atoms with Crippen LogP contribution in [-0.2, 0) is 17.6 Å². The Morgan fingerprint density at radius 3 is 2.78 bits per heavy atom. The van der Waals surface area contributed by atoms with Crippen molar-refractivity contribution in [2.75, 3.05) is 11.4 Å². The van der Waals surface area contributed by atoms with Crippen LogP contribution in [0.3, 0.4) is 0 Å². The number of hydrogen-bond acceptors (Lipinski definition) is 4. The van der Waals surface area contributed by atoms with Crippen molar-refractivity contribution in [1.82, 2.24) is 9.97 Å². The predicted octanol–water partition coefficient (Wildman–Crippen LogP) is 3.81. The van der Waals surface area contributed by atoms with Crippen LogP contribution in [0.15, 0.2) is 24.3 Å². The average molecular weight is 363 g/mol. The van der Waals surface area contributed by atoms with Gasteiger partial charge >= 0.3 is 5.97 Å². The number of carboxylic acid groups (broad SMARTS) is 1. The molecule has 27 heavy (non-hydrogen) atoms. The van der Waals surface area contributed by atoms with Gasteiger partial charge in [0, 0.05) is 29.4 Å². The summed E-state index contributed by atoms with van der Waals surface area (Å²) in [6.07, 6.45) is 5.95. The Bertz CT molecular complexity index is 904. The second kappa shape index (κ2) is 6.32. The van der Waals surface area contributed by atoms with E-state index < -0.39 is 5.97 Å². The van der Waals surface area contributed by atoms with Crippen LogP contribution in [0.25, 0.3) is 11.3 Å². The highest BCUT2D eigenvalue weighted by atomic mass is 16.4. The zero-order chi connectivity index (χ0) is 18.5. The van der Waals surface area contributed by atoms with E-state index in [1.54, 1.807) is 0 Å². The number of benzene rings is 1. The molecule has 2 heterocycles. The molecule has 1 saturated heterocycles. The minimum Gasteiger partial charge on any atom is -0.481 e. The fraction of sp³-hybridized carbons (Fsp3) is 0.500. The van der Waals surface area contributed by atoms with Crippen LogP contribution < -0.4 is 4.90 Å². The number of anilines is 1. The normalized spacial score (nSPS) is 26.3. The van der Waals surface area contributed by atoms with Gasteiger partial charge < -0.3 is 10.0 Å². The van der Waals surface area contributed by atoms with Crippen LogP contribution in [0.1, 0.15) is 55.3 Å². The van der Waals surface area contributed by atoms with E-state index in [0.29, 0.717) is 12.0 Å². The lowest BCUT2D eigenvalue weighted by atomic mass is 9.71. The third kappa shape index (κ3) is 2.80. The zero-order valence-electron chi connectivity index (χ0n) is 15.7. The molecular weight excluding hydrogens is 338 g/mol. The maximum Gasteiger partial charge on any atom is 0.306 e. The number of aryl methyl sites for hydroxylation is 1. The molecule has 5 rings (SSSR count). The number of aliphatic carboxylic acids is 1. The average Bonchev–Trinajstić information content (AvgIpc) is 3.07. The molecular formula is C22H25N3O2. The Kier molecular flexibility index (Phi) is 3.92. The van der Waals surface area contributed by atoms with E-state index in [1.165, 1.54) is 23.2 Å². The van der Waals surface area contributed by atoms with Crippen molar-refractivity contribution < 1.29 is 9.90 Å². The molecule has 0 spiro atoms. The molecule has 1 atom stereocenters. The quantitative estimate of drug-likeness (QED) is 0.895. The number of aromatic nitrogens is 2. The van der Waals surface area contributed by atoms with Crippen molar-refractivity contribution >= 4 is 11.9 Å². The van der Waals surface area contributed by atoms with Crippen LogP contribution in [0.5, 0.6) is 0 Å². The van der Waals surface area contributed by atoms with Crippen molar-refractivity contribution in [3.05, 3.63) is 41.1 Å². The molecule has 1 aliphatic heterocycles. The van der Waals surface area contributed by atoms with Crippen molar-refractivity contribution in [3.63, 3.8) is 0 Å². The van der Waals surface area contributed by atoms with Crippen LogP contribution in [0.2, 0.25) is 0 Å². The summed E-state index contributed by atoms with van der Waals surface area (Å²) in [7, 11) is 0. The van der Waals surface area contributed by atoms with E-state index in [9.17, 15) is 4.79 Å². The fourth-order valence-corrected chi connectivity index (χ4v) is 4.63. The van der Waals surface area contributed by atoms with Gasteiger partial charge in [0.25, 0.3) is 0 Å². The summed E-state index contributed by atoms with van der Waals surface area (Å²) in [5, 5.41) is 9.15. The minimum atomic E-state index is -0.663. The van der Waals surface area contributed by atoms with Gasteiger partial charge in [0.15, 0.2) is 0 Å². The largest absolute Gasteiger partial charge is 0.481 e. The lowest BCUT2D eigenvalue weighted by molar-refractivity contribution is -0.145. The van der Waals surface area contributed by atoms with Gasteiger partial charge in [-0.2, -0.15) is 0 Å². The van der Waals surface area contributed by atoms with Gasteiger partial charge in [0.1, 0.15) is 0 Å². The first-order valence-electron chi connectivity index (χ1n) is 10.1. The Balaban J connectivity index is 1.49. The Morgan fingerprint density at radius 2 is 2.07 bits per heavy atom. The monoisotopic (exact) mass is 363 g/mol. The third-order valence-electron chi connectivity index (χ3n) is 6.62. The molecule has 1 aromatic carbocycles. The smallest absolute Gasteiger partial charge is 0.306 e. The van der Waals surface area contributed by atoms with Crippen LogP contribution in [0, 0.1) is 5.92 Å². The SMILES string of the molecule is C[C@H]1CCN1c1nc2c(c(-c3cccc([C@H]4C[C@@H](C(=O)O)C4)c3)n1)CCC2. The van der Waals surface area contributed by atoms with Crippen LogP contribution in [0.4, 0.5) is 5.95 Å². The van der Waals surface area contributed by atoms with E-state index in [1.807, 2.05) is 0 Å². The highest BCUT2D eigenvalue weighted by Crippen LogP contribution is 2.43. The summed E-state index contributed by atoms with van der Waals surface area (Å²) in [5.74, 6) is 0.394. The highest BCUT2D eigenvalue weighted by Gasteiger charge is 2.35. The van der Waals surface area contributed by atoms with Crippen LogP contribution in [-0.4, -0.2) is 33.6 Å². The molecule has 5 heteroatoms. The van der Waals surface area contributed by atoms with Crippen LogP contribution >= 0.6 is 0 Å². The second-order valence-corrected chi connectivity index (χ2v) is 8.31. The van der Waals surface area contributed by atoms with Crippen molar-refractivity contribution in [2.45, 2.75) is 57.4 Å². The molecule has 2 aliphatic carbocycles. The molecule has 2 aromatic rings. The minimum absolute atomic E-state index is 0.179. The van der Waals surface area contributed by atoms with Gasteiger partial charge in [0.05, 0.1) is 11.6 Å². The number of carbonyl (C=O) groups is 1. The lowest BCUT2D eigenvalue weighted by Crippen LogP contribution is -2.46. The molecule has 1 N–H and O–H groups in total. The van der Waals surface area contributed by atoms with Crippen molar-refractivity contribution in [1.29, 1.82) is 0 Å². The van der Waals surface area contributed by atoms with Crippen molar-refractivity contribution in [3.8, 4) is 11.3 Å². The zero-order valence-corrected chi connectivity index (χ0v) is 15.7. The summed E-state index contributed by atoms with van der Waals surface area (Å²) in [5.41, 5.74) is 6.01. The van der Waals surface area contributed by atoms with Gasteiger partial charge in [-0.3, -0.25) is 4.79 Å². The Hall–Kier alpha value is -2.43. The van der Waals surface area contributed by atoms with E-state index in [0.717, 1.165) is 55.9 Å². The van der Waals surface area contributed by atoms with Gasteiger partial charge in [0.2, 0.25) is 5.95 Å². The third-order valence-corrected chi connectivity index (χ3v) is 6.62. The first kappa shape index (κ1) is 16.7. The molecule has 0 unspecified atom stereocenters. The fourth-order valence-electron chi connectivity index (χ4n) is 4.63. The van der Waals surface area contributed by atoms with Gasteiger partial charge in [-0.15, -0.1) is 0 Å². The highest BCUT2D eigenvalue weighted by molar-refractivity contribution is 5.72. The number of hydrogen-bond donors (Lipinski definition) is 1. The molecule has 0 radical (unpaired) electrons. The number of carboxylic acids is 1. The molecule has 3 aliphatic rings. The maximum absolute atomic E-state index is 11.1. The van der Waals surface area contributed by atoms with Gasteiger partial charge in [-0.05, 0) is 63.0 Å². The maximum atomic E-state index is 11.1. The molecule has 0 bridgehead atoms. The number of rotatable bonds is 4.